The van der Waals surface area contributed by atoms with Gasteiger partial charge in [0.2, 0.25) is 0 Å². The van der Waals surface area contributed by atoms with Crippen molar-refractivity contribution in [3.05, 3.63) is 5.43 Å². The van der Waals surface area contributed by atoms with E-state index in [0.717, 1.165) is 6.42 Å². The predicted octanol–water partition coefficient (Wildman–Crippen LogP) is 1.14. The summed E-state index contributed by atoms with van der Waals surface area (Å²) < 4.78 is 5.31. The minimum Gasteiger partial charge on any atom is -0.579 e. The average Bonchev–Trinajstić information content (AvgIpc) is 2.44. The quantitative estimate of drug-likeness (QED) is 0.549. The van der Waals surface area contributed by atoms with Gasteiger partial charge in [-0.1, -0.05) is 0 Å². The van der Waals surface area contributed by atoms with Crippen LogP contribution in [0, 0.1) is 0 Å². The molecular weight excluding hydrogens is 208 g/mol. The number of ether oxygens (including phenoxy) is 1. The zero-order chi connectivity index (χ0) is 12.3. The Bertz CT molecular complexity index is 252. The molecule has 1 fully saturated rings. The normalized spacial score (nSPS) is 25.9. The lowest BCUT2D eigenvalue weighted by molar-refractivity contribution is 0.0238. The fourth-order valence-corrected chi connectivity index (χ4v) is 1.78. The standard InChI is InChI=1S/C10H21N4O2/c1-7-5-8(12-13-11)6-14(7)9(15)16-10(2,3)4/h7-8,13H,5-6,11H2,1-4H3/q-1/t7-,8+/m1/s1. The van der Waals surface area contributed by atoms with Crippen LogP contribution in [0.5, 0.6) is 0 Å². The molecule has 1 saturated heterocycles. The summed E-state index contributed by atoms with van der Waals surface area (Å²) in [6, 6.07) is 0.185. The summed E-state index contributed by atoms with van der Waals surface area (Å²) in [5.74, 6) is 5.13. The molecule has 0 bridgehead atoms. The lowest BCUT2D eigenvalue weighted by Crippen LogP contribution is -2.39. The van der Waals surface area contributed by atoms with Crippen LogP contribution in [0.3, 0.4) is 0 Å². The summed E-state index contributed by atoms with van der Waals surface area (Å²) in [6.07, 6.45) is 0.526. The van der Waals surface area contributed by atoms with Crippen LogP contribution in [0.25, 0.3) is 5.43 Å². The first kappa shape index (κ1) is 13.2. The molecule has 0 aromatic carbocycles. The predicted molar refractivity (Wildman–Crippen MR) is 61.5 cm³/mol. The zero-order valence-electron chi connectivity index (χ0n) is 10.4. The third-order valence-corrected chi connectivity index (χ3v) is 2.44. The molecule has 1 amide bonds. The fraction of sp³-hybridized carbons (Fsp3) is 0.900. The molecule has 6 heteroatoms. The second-order valence-corrected chi connectivity index (χ2v) is 5.13. The average molecular weight is 229 g/mol. The molecule has 0 aromatic rings. The monoisotopic (exact) mass is 229 g/mol. The van der Waals surface area contributed by atoms with Gasteiger partial charge < -0.3 is 20.6 Å². The van der Waals surface area contributed by atoms with Gasteiger partial charge in [-0.05, 0) is 34.1 Å². The molecule has 1 aliphatic heterocycles. The zero-order valence-corrected chi connectivity index (χ0v) is 10.4. The largest absolute Gasteiger partial charge is 0.579 e. The number of hydrogen-bond acceptors (Lipinski definition) is 4. The molecule has 0 aliphatic carbocycles. The van der Waals surface area contributed by atoms with Crippen LogP contribution in [-0.4, -0.2) is 35.2 Å². The van der Waals surface area contributed by atoms with Crippen molar-refractivity contribution < 1.29 is 9.53 Å². The molecule has 1 rings (SSSR count). The number of carbonyl (C=O) groups excluding carboxylic acids is 1. The van der Waals surface area contributed by atoms with E-state index in [0.29, 0.717) is 6.54 Å². The second kappa shape index (κ2) is 4.99. The van der Waals surface area contributed by atoms with E-state index in [4.69, 9.17) is 10.6 Å². The lowest BCUT2D eigenvalue weighted by Gasteiger charge is -2.28. The highest BCUT2D eigenvalue weighted by atomic mass is 16.6. The van der Waals surface area contributed by atoms with Crippen LogP contribution in [0.1, 0.15) is 34.1 Å². The van der Waals surface area contributed by atoms with E-state index in [-0.39, 0.29) is 18.2 Å². The Labute approximate surface area is 96.4 Å². The summed E-state index contributed by atoms with van der Waals surface area (Å²) >= 11 is 0. The van der Waals surface area contributed by atoms with Crippen molar-refractivity contribution in [3.63, 3.8) is 0 Å². The van der Waals surface area contributed by atoms with Gasteiger partial charge in [0.15, 0.2) is 0 Å². The van der Waals surface area contributed by atoms with E-state index in [1.165, 1.54) is 0 Å². The smallest absolute Gasteiger partial charge is 0.410 e. The molecule has 1 heterocycles. The van der Waals surface area contributed by atoms with Gasteiger partial charge in [0.25, 0.3) is 0 Å². The molecular formula is C10H21N4O2-. The number of nitrogens with zero attached hydrogens (tertiary/aromatic N) is 2. The van der Waals surface area contributed by atoms with Crippen molar-refractivity contribution in [1.82, 2.24) is 10.4 Å². The van der Waals surface area contributed by atoms with Crippen LogP contribution >= 0.6 is 0 Å². The highest BCUT2D eigenvalue weighted by Crippen LogP contribution is 2.23. The Morgan fingerprint density at radius 3 is 2.69 bits per heavy atom. The number of nitrogens with one attached hydrogen (secondary N) is 1. The third kappa shape index (κ3) is 3.62. The topological polar surface area (TPSA) is 81.7 Å². The van der Waals surface area contributed by atoms with Gasteiger partial charge in [-0.15, -0.1) is 6.04 Å². The number of nitrogens with two attached hydrogens (primary N) is 1. The summed E-state index contributed by atoms with van der Waals surface area (Å²) in [5.41, 5.74) is 5.81. The second-order valence-electron chi connectivity index (χ2n) is 5.13. The van der Waals surface area contributed by atoms with E-state index in [1.54, 1.807) is 4.90 Å². The summed E-state index contributed by atoms with van der Waals surface area (Å²) in [7, 11) is 0. The number of likely N-dealkylation sites (tertiary alicyclic amines) is 1. The van der Waals surface area contributed by atoms with Crippen LogP contribution < -0.4 is 11.4 Å². The third-order valence-electron chi connectivity index (χ3n) is 2.44. The van der Waals surface area contributed by atoms with E-state index < -0.39 is 5.60 Å². The summed E-state index contributed by atoms with van der Waals surface area (Å²) in [5, 5.41) is 0. The van der Waals surface area contributed by atoms with Crippen molar-refractivity contribution in [2.75, 3.05) is 6.54 Å². The van der Waals surface area contributed by atoms with E-state index >= 15 is 0 Å². The van der Waals surface area contributed by atoms with Crippen molar-refractivity contribution in [3.8, 4) is 0 Å². The first-order valence-corrected chi connectivity index (χ1v) is 5.48. The molecule has 0 saturated carbocycles. The van der Waals surface area contributed by atoms with Crippen LogP contribution in [-0.2, 0) is 4.74 Å². The fourth-order valence-electron chi connectivity index (χ4n) is 1.78. The molecule has 0 spiro atoms. The van der Waals surface area contributed by atoms with E-state index in [2.05, 4.69) is 11.0 Å². The Kier molecular flexibility index (Phi) is 4.12. The van der Waals surface area contributed by atoms with Crippen LogP contribution in [0.15, 0.2) is 0 Å². The maximum atomic E-state index is 11.8. The van der Waals surface area contributed by atoms with Crippen molar-refractivity contribution in [2.24, 2.45) is 5.84 Å². The highest BCUT2D eigenvalue weighted by molar-refractivity contribution is 5.69. The molecule has 0 aromatic heterocycles. The molecule has 0 unspecified atom stereocenters. The van der Waals surface area contributed by atoms with Crippen LogP contribution in [0.4, 0.5) is 4.79 Å². The van der Waals surface area contributed by atoms with Gasteiger partial charge in [-0.3, -0.25) is 5.84 Å². The van der Waals surface area contributed by atoms with Crippen LogP contribution in [0.2, 0.25) is 0 Å². The van der Waals surface area contributed by atoms with Crippen molar-refractivity contribution >= 4 is 6.09 Å². The number of hydrazine groups is 1. The molecule has 16 heavy (non-hydrogen) atoms. The minimum absolute atomic E-state index is 0.0486. The number of rotatable bonds is 2. The molecule has 1 aliphatic rings. The van der Waals surface area contributed by atoms with Gasteiger partial charge in [0.1, 0.15) is 5.60 Å². The van der Waals surface area contributed by atoms with Crippen molar-refractivity contribution in [2.45, 2.75) is 51.8 Å². The minimum atomic E-state index is -0.460. The Morgan fingerprint density at radius 1 is 1.56 bits per heavy atom. The van der Waals surface area contributed by atoms with Crippen molar-refractivity contribution in [1.29, 1.82) is 0 Å². The number of hydrogen-bond donors (Lipinski definition) is 2. The molecule has 0 radical (unpaired) electrons. The van der Waals surface area contributed by atoms with Gasteiger partial charge in [-0.25, -0.2) is 4.79 Å². The summed E-state index contributed by atoms with van der Waals surface area (Å²) in [4.78, 5) is 13.5. The molecule has 94 valence electrons. The maximum Gasteiger partial charge on any atom is 0.410 e. The lowest BCUT2D eigenvalue weighted by atomic mass is 10.2. The van der Waals surface area contributed by atoms with Gasteiger partial charge in [0, 0.05) is 12.6 Å². The highest BCUT2D eigenvalue weighted by Gasteiger charge is 2.31. The molecule has 2 atom stereocenters. The molecule has 6 nitrogen and oxygen atoms in total. The number of carbonyl (C=O) groups is 1. The Balaban J connectivity index is 2.51. The SMILES string of the molecule is C[C@@H]1C[C@H]([N-]NN)CN1C(=O)OC(C)(C)C. The first-order valence-electron chi connectivity index (χ1n) is 5.48. The Hall–Kier alpha value is -0.850. The Morgan fingerprint density at radius 2 is 2.19 bits per heavy atom. The first-order chi connectivity index (χ1) is 7.33. The van der Waals surface area contributed by atoms with Gasteiger partial charge in [0.05, 0.1) is 0 Å². The van der Waals surface area contributed by atoms with E-state index in [1.807, 2.05) is 27.7 Å². The van der Waals surface area contributed by atoms with Gasteiger partial charge >= 0.3 is 6.09 Å². The number of amides is 1. The van der Waals surface area contributed by atoms with E-state index in [9.17, 15) is 4.79 Å². The maximum absolute atomic E-state index is 11.8. The summed E-state index contributed by atoms with van der Waals surface area (Å²) in [6.45, 7) is 8.11. The van der Waals surface area contributed by atoms with Gasteiger partial charge in [-0.2, -0.15) is 0 Å². The molecule has 3 N–H and O–H groups in total.